The van der Waals surface area contributed by atoms with Gasteiger partial charge >= 0.3 is 6.18 Å². The number of piperazine rings is 1. The lowest BCUT2D eigenvalue weighted by atomic mass is 10.2. The highest BCUT2D eigenvalue weighted by Crippen LogP contribution is 2.36. The first kappa shape index (κ1) is 28.9. The van der Waals surface area contributed by atoms with E-state index < -0.39 is 32.7 Å². The highest BCUT2D eigenvalue weighted by atomic mass is 35.5. The molecular formula is C28H26ClF3N4O4S. The van der Waals surface area contributed by atoms with Crippen molar-refractivity contribution in [3.63, 3.8) is 0 Å². The van der Waals surface area contributed by atoms with E-state index in [1.807, 2.05) is 12.1 Å². The lowest BCUT2D eigenvalue weighted by Crippen LogP contribution is -2.50. The average Bonchev–Trinajstić information content (AvgIpc) is 3.39. The molecule has 2 heterocycles. The number of anilines is 2. The van der Waals surface area contributed by atoms with Crippen molar-refractivity contribution in [2.24, 2.45) is 0 Å². The van der Waals surface area contributed by atoms with Crippen molar-refractivity contribution in [1.29, 1.82) is 0 Å². The van der Waals surface area contributed by atoms with Crippen molar-refractivity contribution in [2.75, 3.05) is 48.9 Å². The molecule has 3 aromatic rings. The van der Waals surface area contributed by atoms with Crippen molar-refractivity contribution in [1.82, 2.24) is 9.80 Å². The maximum atomic E-state index is 13.4. The third-order valence-corrected chi connectivity index (χ3v) is 9.23. The second-order valence-electron chi connectivity index (χ2n) is 9.79. The monoisotopic (exact) mass is 606 g/mol. The highest BCUT2D eigenvalue weighted by molar-refractivity contribution is 7.92. The number of sulfonamides is 1. The minimum atomic E-state index is -4.65. The fourth-order valence-electron chi connectivity index (χ4n) is 4.99. The maximum Gasteiger partial charge on any atom is 0.417 e. The fourth-order valence-corrected chi connectivity index (χ4v) is 6.76. The molecule has 0 unspecified atom stereocenters. The van der Waals surface area contributed by atoms with Gasteiger partial charge in [-0.2, -0.15) is 13.2 Å². The molecule has 0 saturated carbocycles. The van der Waals surface area contributed by atoms with Crippen LogP contribution < -0.4 is 9.62 Å². The summed E-state index contributed by atoms with van der Waals surface area (Å²) in [7, 11) is -3.86. The molecule has 2 aliphatic rings. The van der Waals surface area contributed by atoms with E-state index in [9.17, 15) is 31.2 Å². The number of carbonyl (C=O) groups excluding carboxylic acids is 2. The van der Waals surface area contributed by atoms with Gasteiger partial charge in [-0.1, -0.05) is 35.9 Å². The molecule has 1 fully saturated rings. The van der Waals surface area contributed by atoms with E-state index in [2.05, 4.69) is 5.32 Å². The first-order chi connectivity index (χ1) is 19.4. The summed E-state index contributed by atoms with van der Waals surface area (Å²) < 4.78 is 67.5. The van der Waals surface area contributed by atoms with Gasteiger partial charge in [0.2, 0.25) is 5.91 Å². The third-order valence-electron chi connectivity index (χ3n) is 7.10. The summed E-state index contributed by atoms with van der Waals surface area (Å²) in [6.07, 6.45) is -4.03. The van der Waals surface area contributed by atoms with Crippen LogP contribution in [0, 0.1) is 0 Å². The van der Waals surface area contributed by atoms with Crippen LogP contribution in [-0.4, -0.2) is 69.3 Å². The van der Waals surface area contributed by atoms with E-state index in [0.29, 0.717) is 44.8 Å². The lowest BCUT2D eigenvalue weighted by Gasteiger charge is -2.34. The van der Waals surface area contributed by atoms with Crippen molar-refractivity contribution in [3.8, 4) is 0 Å². The summed E-state index contributed by atoms with van der Waals surface area (Å²) >= 11 is 5.63. The number of para-hydroxylation sites is 1. The molecule has 1 saturated heterocycles. The zero-order valence-corrected chi connectivity index (χ0v) is 23.3. The van der Waals surface area contributed by atoms with Crippen molar-refractivity contribution < 1.29 is 31.2 Å². The van der Waals surface area contributed by atoms with Gasteiger partial charge in [0.25, 0.3) is 15.9 Å². The van der Waals surface area contributed by atoms with Crippen LogP contribution >= 0.6 is 11.6 Å². The Labute approximate surface area is 240 Å². The summed E-state index contributed by atoms with van der Waals surface area (Å²) in [5.41, 5.74) is 0.780. The predicted molar refractivity (Wildman–Crippen MR) is 149 cm³/mol. The molecule has 3 aromatic carbocycles. The van der Waals surface area contributed by atoms with Crippen molar-refractivity contribution in [3.05, 3.63) is 88.4 Å². The van der Waals surface area contributed by atoms with E-state index in [4.69, 9.17) is 11.6 Å². The van der Waals surface area contributed by atoms with Crippen LogP contribution in [0.25, 0.3) is 0 Å². The number of benzene rings is 3. The van der Waals surface area contributed by atoms with E-state index in [-0.39, 0.29) is 28.6 Å². The molecule has 0 atom stereocenters. The molecule has 2 aliphatic heterocycles. The van der Waals surface area contributed by atoms with Crippen LogP contribution in [0.5, 0.6) is 0 Å². The van der Waals surface area contributed by atoms with E-state index in [0.717, 1.165) is 17.7 Å². The topological polar surface area (TPSA) is 90.0 Å². The first-order valence-electron chi connectivity index (χ1n) is 12.8. The molecule has 41 heavy (non-hydrogen) atoms. The Kier molecular flexibility index (Phi) is 8.00. The van der Waals surface area contributed by atoms with Crippen LogP contribution in [0.1, 0.15) is 21.5 Å². The highest BCUT2D eigenvalue weighted by Gasteiger charge is 2.34. The third kappa shape index (κ3) is 6.19. The smallest absolute Gasteiger partial charge is 0.336 e. The Bertz CT molecular complexity index is 1590. The molecule has 0 bridgehead atoms. The van der Waals surface area contributed by atoms with E-state index in [1.54, 1.807) is 34.1 Å². The number of nitrogens with one attached hydrogen (secondary N) is 1. The molecule has 5 rings (SSSR count). The minimum Gasteiger partial charge on any atom is -0.336 e. The number of alkyl halides is 3. The molecule has 0 aliphatic carbocycles. The molecule has 1 N–H and O–H groups in total. The number of hydrogen-bond donors (Lipinski definition) is 1. The Morgan fingerprint density at radius 1 is 0.902 bits per heavy atom. The van der Waals surface area contributed by atoms with Crippen molar-refractivity contribution >= 4 is 44.8 Å². The Morgan fingerprint density at radius 2 is 1.63 bits per heavy atom. The SMILES string of the molecule is O=C(CN1CCN(C(=O)c2cccc(S(=O)(=O)N3CCc4ccccc43)c2)CC1)Nc1ccc(Cl)c(C(F)(F)F)c1. The Balaban J connectivity index is 1.18. The predicted octanol–water partition coefficient (Wildman–Crippen LogP) is 4.51. The zero-order valence-electron chi connectivity index (χ0n) is 21.7. The average molecular weight is 607 g/mol. The van der Waals surface area contributed by atoms with Gasteiger partial charge in [0.15, 0.2) is 0 Å². The standard InChI is InChI=1S/C28H26ClF3N4O4S/c29-24-9-8-21(17-23(24)28(30,31)32)33-26(37)18-34-12-14-35(15-13-34)27(38)20-5-3-6-22(16-20)41(39,40)36-11-10-19-4-1-2-7-25(19)36/h1-9,16-17H,10-15,18H2,(H,33,37). The molecule has 0 radical (unpaired) electrons. The zero-order chi connectivity index (χ0) is 29.4. The second kappa shape index (κ2) is 11.3. The first-order valence-corrected chi connectivity index (χ1v) is 14.6. The number of carbonyl (C=O) groups is 2. The molecular weight excluding hydrogens is 581 g/mol. The fraction of sp³-hybridized carbons (Fsp3) is 0.286. The van der Waals surface area contributed by atoms with Gasteiger partial charge < -0.3 is 10.2 Å². The summed E-state index contributed by atoms with van der Waals surface area (Å²) in [5.74, 6) is -0.824. The minimum absolute atomic E-state index is 0.0206. The largest absolute Gasteiger partial charge is 0.417 e. The van der Waals surface area contributed by atoms with Crippen LogP contribution in [0.4, 0.5) is 24.5 Å². The quantitative estimate of drug-likeness (QED) is 0.446. The summed E-state index contributed by atoms with van der Waals surface area (Å²) in [6.45, 7) is 1.56. The van der Waals surface area contributed by atoms with Crippen LogP contribution in [-0.2, 0) is 27.4 Å². The van der Waals surface area contributed by atoms with Crippen LogP contribution in [0.3, 0.4) is 0 Å². The van der Waals surface area contributed by atoms with Gasteiger partial charge in [-0.05, 0) is 54.4 Å². The molecule has 13 heteroatoms. The lowest BCUT2D eigenvalue weighted by molar-refractivity contribution is -0.137. The van der Waals surface area contributed by atoms with Gasteiger partial charge in [0.05, 0.1) is 27.7 Å². The number of halogens is 4. The molecule has 8 nitrogen and oxygen atoms in total. The van der Waals surface area contributed by atoms with E-state index in [1.165, 1.54) is 22.5 Å². The van der Waals surface area contributed by atoms with Gasteiger partial charge in [-0.25, -0.2) is 8.42 Å². The number of rotatable bonds is 6. The molecule has 0 aromatic heterocycles. The number of nitrogens with zero attached hydrogens (tertiary/aromatic N) is 3. The number of fused-ring (bicyclic) bond motifs is 1. The Hall–Kier alpha value is -3.61. The van der Waals surface area contributed by atoms with Crippen molar-refractivity contribution in [2.45, 2.75) is 17.5 Å². The summed E-state index contributed by atoms with van der Waals surface area (Å²) in [6, 6.07) is 16.5. The second-order valence-corrected chi connectivity index (χ2v) is 12.1. The Morgan fingerprint density at radius 3 is 2.37 bits per heavy atom. The molecule has 0 spiro atoms. The molecule has 2 amide bonds. The van der Waals surface area contributed by atoms with Crippen LogP contribution in [0.15, 0.2) is 71.6 Å². The van der Waals surface area contributed by atoms with Gasteiger partial charge in [0.1, 0.15) is 0 Å². The van der Waals surface area contributed by atoms with E-state index >= 15 is 0 Å². The number of amides is 2. The van der Waals surface area contributed by atoms with Gasteiger partial charge in [0, 0.05) is 44.0 Å². The van der Waals surface area contributed by atoms with Gasteiger partial charge in [-0.15, -0.1) is 0 Å². The van der Waals surface area contributed by atoms with Crippen LogP contribution in [0.2, 0.25) is 5.02 Å². The maximum absolute atomic E-state index is 13.4. The van der Waals surface area contributed by atoms with Gasteiger partial charge in [-0.3, -0.25) is 18.8 Å². The normalized spacial score (nSPS) is 16.0. The number of hydrogen-bond acceptors (Lipinski definition) is 5. The molecule has 216 valence electrons. The summed E-state index contributed by atoms with van der Waals surface area (Å²) in [4.78, 5) is 29.1. The summed E-state index contributed by atoms with van der Waals surface area (Å²) in [5, 5.41) is 2.00.